The Labute approximate surface area is 143 Å². The Balaban J connectivity index is 1.76. The van der Waals surface area contributed by atoms with Gasteiger partial charge in [0.2, 0.25) is 0 Å². The van der Waals surface area contributed by atoms with Crippen LogP contribution >= 0.6 is 0 Å². The SMILES string of the molecule is COc1ccc(OC)c([C@H](C(=O)O)N2CCN(CC3CC3)CC2)c1. The highest BCUT2D eigenvalue weighted by Gasteiger charge is 2.34. The maximum absolute atomic E-state index is 12.0. The molecule has 0 unspecified atom stereocenters. The summed E-state index contributed by atoms with van der Waals surface area (Å²) >= 11 is 0. The lowest BCUT2D eigenvalue weighted by Gasteiger charge is -2.38. The Hall–Kier alpha value is -1.79. The Kier molecular flexibility index (Phi) is 5.26. The fraction of sp³-hybridized carbons (Fsp3) is 0.611. The minimum Gasteiger partial charge on any atom is -0.497 e. The zero-order valence-corrected chi connectivity index (χ0v) is 14.4. The molecule has 0 aromatic heterocycles. The number of aliphatic carboxylic acids is 1. The molecule has 1 aliphatic carbocycles. The van der Waals surface area contributed by atoms with Gasteiger partial charge in [-0.15, -0.1) is 0 Å². The highest BCUT2D eigenvalue weighted by Crippen LogP contribution is 2.34. The van der Waals surface area contributed by atoms with E-state index in [0.717, 1.165) is 38.6 Å². The molecule has 24 heavy (non-hydrogen) atoms. The van der Waals surface area contributed by atoms with Crippen molar-refractivity contribution in [2.75, 3.05) is 46.9 Å². The summed E-state index contributed by atoms with van der Waals surface area (Å²) in [5.41, 5.74) is 0.653. The van der Waals surface area contributed by atoms with Crippen LogP contribution < -0.4 is 9.47 Å². The summed E-state index contributed by atoms with van der Waals surface area (Å²) in [5, 5.41) is 9.83. The third-order valence-electron chi connectivity index (χ3n) is 4.95. The first kappa shape index (κ1) is 17.0. The summed E-state index contributed by atoms with van der Waals surface area (Å²) in [4.78, 5) is 16.5. The first-order valence-electron chi connectivity index (χ1n) is 8.53. The van der Waals surface area contributed by atoms with Gasteiger partial charge in [-0.2, -0.15) is 0 Å². The molecule has 6 nitrogen and oxygen atoms in total. The van der Waals surface area contributed by atoms with E-state index in [1.165, 1.54) is 12.8 Å². The zero-order chi connectivity index (χ0) is 17.1. The van der Waals surface area contributed by atoms with E-state index in [9.17, 15) is 9.90 Å². The van der Waals surface area contributed by atoms with Gasteiger partial charge in [0.25, 0.3) is 0 Å². The van der Waals surface area contributed by atoms with Crippen LogP contribution in [0.3, 0.4) is 0 Å². The molecule has 1 aromatic rings. The predicted molar refractivity (Wildman–Crippen MR) is 90.7 cm³/mol. The summed E-state index contributed by atoms with van der Waals surface area (Å²) in [6, 6.07) is 4.62. The predicted octanol–water partition coefficient (Wildman–Crippen LogP) is 1.86. The second-order valence-corrected chi connectivity index (χ2v) is 6.63. The summed E-state index contributed by atoms with van der Waals surface area (Å²) in [6.45, 7) is 4.52. The van der Waals surface area contributed by atoms with Crippen LogP contribution in [0.25, 0.3) is 0 Å². The molecule has 1 heterocycles. The van der Waals surface area contributed by atoms with E-state index in [4.69, 9.17) is 9.47 Å². The van der Waals surface area contributed by atoms with Gasteiger partial charge in [0.05, 0.1) is 14.2 Å². The van der Waals surface area contributed by atoms with Gasteiger partial charge in [-0.25, -0.2) is 0 Å². The Bertz CT molecular complexity index is 580. The van der Waals surface area contributed by atoms with Crippen molar-refractivity contribution in [3.8, 4) is 11.5 Å². The molecule has 1 saturated carbocycles. The highest BCUT2D eigenvalue weighted by molar-refractivity contribution is 5.77. The first-order chi connectivity index (χ1) is 11.6. The molecule has 0 radical (unpaired) electrons. The number of rotatable bonds is 7. The average molecular weight is 334 g/mol. The number of carbonyl (C=O) groups is 1. The molecular formula is C18H26N2O4. The van der Waals surface area contributed by atoms with E-state index >= 15 is 0 Å². The average Bonchev–Trinajstić information content (AvgIpc) is 3.40. The second kappa shape index (κ2) is 7.40. The van der Waals surface area contributed by atoms with Crippen molar-refractivity contribution in [3.05, 3.63) is 23.8 Å². The number of piperazine rings is 1. The molecule has 2 fully saturated rings. The van der Waals surface area contributed by atoms with Crippen molar-refractivity contribution >= 4 is 5.97 Å². The maximum Gasteiger partial charge on any atom is 0.325 e. The Morgan fingerprint density at radius 2 is 1.92 bits per heavy atom. The smallest absolute Gasteiger partial charge is 0.325 e. The third-order valence-corrected chi connectivity index (χ3v) is 4.95. The van der Waals surface area contributed by atoms with Crippen LogP contribution in [0, 0.1) is 5.92 Å². The molecule has 1 aliphatic heterocycles. The standard InChI is InChI=1S/C18H26N2O4/c1-23-14-5-6-16(24-2)15(11-14)17(18(21)22)20-9-7-19(8-10-20)12-13-3-4-13/h5-6,11,13,17H,3-4,7-10,12H2,1-2H3,(H,21,22)/t17-/m1/s1. The number of methoxy groups -OCH3 is 2. The third kappa shape index (κ3) is 3.82. The molecule has 1 aromatic carbocycles. The zero-order valence-electron chi connectivity index (χ0n) is 14.4. The van der Waals surface area contributed by atoms with Gasteiger partial charge in [0.1, 0.15) is 17.5 Å². The summed E-state index contributed by atoms with van der Waals surface area (Å²) in [6.07, 6.45) is 2.69. The van der Waals surface area contributed by atoms with Crippen LogP contribution in [-0.2, 0) is 4.79 Å². The van der Waals surface area contributed by atoms with Gasteiger partial charge in [0, 0.05) is 38.3 Å². The van der Waals surface area contributed by atoms with Crippen LogP contribution in [0.4, 0.5) is 0 Å². The van der Waals surface area contributed by atoms with E-state index < -0.39 is 12.0 Å². The van der Waals surface area contributed by atoms with Gasteiger partial charge in [-0.1, -0.05) is 0 Å². The van der Waals surface area contributed by atoms with Gasteiger partial charge < -0.3 is 19.5 Å². The van der Waals surface area contributed by atoms with E-state index in [0.29, 0.717) is 17.1 Å². The van der Waals surface area contributed by atoms with Crippen LogP contribution in [0.15, 0.2) is 18.2 Å². The highest BCUT2D eigenvalue weighted by atomic mass is 16.5. The van der Waals surface area contributed by atoms with Gasteiger partial charge in [-0.05, 0) is 37.0 Å². The van der Waals surface area contributed by atoms with E-state index in [1.54, 1.807) is 32.4 Å². The van der Waals surface area contributed by atoms with Crippen LogP contribution in [-0.4, -0.2) is 67.8 Å². The van der Waals surface area contributed by atoms with Crippen LogP contribution in [0.2, 0.25) is 0 Å². The minimum atomic E-state index is -0.850. The van der Waals surface area contributed by atoms with Crippen LogP contribution in [0.1, 0.15) is 24.4 Å². The number of carboxylic acids is 1. The van der Waals surface area contributed by atoms with Crippen molar-refractivity contribution < 1.29 is 19.4 Å². The lowest BCUT2D eigenvalue weighted by molar-refractivity contribution is -0.144. The number of nitrogens with zero attached hydrogens (tertiary/aromatic N) is 2. The van der Waals surface area contributed by atoms with E-state index in [-0.39, 0.29) is 0 Å². The fourth-order valence-electron chi connectivity index (χ4n) is 3.41. The first-order valence-corrected chi connectivity index (χ1v) is 8.53. The molecule has 132 valence electrons. The van der Waals surface area contributed by atoms with E-state index in [1.807, 2.05) is 4.90 Å². The molecule has 2 aliphatic rings. The van der Waals surface area contributed by atoms with Crippen molar-refractivity contribution in [1.29, 1.82) is 0 Å². The summed E-state index contributed by atoms with van der Waals surface area (Å²) < 4.78 is 10.7. The molecule has 0 spiro atoms. The molecule has 0 amide bonds. The van der Waals surface area contributed by atoms with Gasteiger partial charge in [0.15, 0.2) is 0 Å². The second-order valence-electron chi connectivity index (χ2n) is 6.63. The molecular weight excluding hydrogens is 308 g/mol. The topological polar surface area (TPSA) is 62.2 Å². The summed E-state index contributed by atoms with van der Waals surface area (Å²) in [7, 11) is 3.15. The molecule has 1 atom stereocenters. The number of hydrogen-bond acceptors (Lipinski definition) is 5. The quantitative estimate of drug-likeness (QED) is 0.821. The van der Waals surface area contributed by atoms with Gasteiger partial charge in [-0.3, -0.25) is 9.69 Å². The largest absolute Gasteiger partial charge is 0.497 e. The van der Waals surface area contributed by atoms with Crippen molar-refractivity contribution in [1.82, 2.24) is 9.80 Å². The monoisotopic (exact) mass is 334 g/mol. The lowest BCUT2D eigenvalue weighted by Crippen LogP contribution is -2.49. The van der Waals surface area contributed by atoms with Crippen molar-refractivity contribution in [2.24, 2.45) is 5.92 Å². The van der Waals surface area contributed by atoms with Crippen molar-refractivity contribution in [3.63, 3.8) is 0 Å². The Morgan fingerprint density at radius 3 is 2.46 bits per heavy atom. The molecule has 3 rings (SSSR count). The van der Waals surface area contributed by atoms with Crippen molar-refractivity contribution in [2.45, 2.75) is 18.9 Å². The van der Waals surface area contributed by atoms with Gasteiger partial charge >= 0.3 is 5.97 Å². The normalized spacial score (nSPS) is 20.6. The minimum absolute atomic E-state index is 0.587. The number of ether oxygens (including phenoxy) is 2. The lowest BCUT2D eigenvalue weighted by atomic mass is 10.0. The number of benzene rings is 1. The van der Waals surface area contributed by atoms with Crippen LogP contribution in [0.5, 0.6) is 11.5 Å². The van der Waals surface area contributed by atoms with E-state index in [2.05, 4.69) is 4.90 Å². The fourth-order valence-corrected chi connectivity index (χ4v) is 3.41. The number of hydrogen-bond donors (Lipinski definition) is 1. The summed E-state index contributed by atoms with van der Waals surface area (Å²) in [5.74, 6) is 1.25. The maximum atomic E-state index is 12.0. The molecule has 1 N–H and O–H groups in total. The molecule has 6 heteroatoms. The molecule has 1 saturated heterocycles. The molecule has 0 bridgehead atoms. The number of carboxylic acid groups (broad SMARTS) is 1. The Morgan fingerprint density at radius 1 is 1.21 bits per heavy atom.